The van der Waals surface area contributed by atoms with E-state index in [4.69, 9.17) is 5.11 Å². The van der Waals surface area contributed by atoms with Gasteiger partial charge in [0, 0.05) is 17.1 Å². The number of anilines is 1. The van der Waals surface area contributed by atoms with Crippen molar-refractivity contribution < 1.29 is 23.5 Å². The van der Waals surface area contributed by atoms with Gasteiger partial charge in [0.25, 0.3) is 0 Å². The number of carbonyl (C=O) groups excluding carboxylic acids is 1. The second-order valence-electron chi connectivity index (χ2n) is 4.36. The average molecular weight is 349 g/mol. The van der Waals surface area contributed by atoms with Gasteiger partial charge >= 0.3 is 12.0 Å². The maximum atomic E-state index is 13.6. The molecule has 1 aromatic rings. The van der Waals surface area contributed by atoms with E-state index in [1.165, 1.54) is 0 Å². The Morgan fingerprint density at radius 2 is 2.10 bits per heavy atom. The van der Waals surface area contributed by atoms with E-state index >= 15 is 0 Å². The molecule has 1 saturated heterocycles. The molecule has 1 aliphatic rings. The van der Waals surface area contributed by atoms with Gasteiger partial charge in [0.1, 0.15) is 11.9 Å². The number of likely N-dealkylation sites (tertiary alicyclic amines) is 1. The maximum Gasteiger partial charge on any atom is 0.326 e. The van der Waals surface area contributed by atoms with Crippen LogP contribution in [-0.2, 0) is 4.79 Å². The highest BCUT2D eigenvalue weighted by molar-refractivity contribution is 9.10. The zero-order valence-corrected chi connectivity index (χ0v) is 11.8. The molecule has 0 aromatic heterocycles. The molecule has 5 nitrogen and oxygen atoms in total. The Labute approximate surface area is 121 Å². The molecule has 1 atom stereocenters. The first-order chi connectivity index (χ1) is 9.40. The van der Waals surface area contributed by atoms with Gasteiger partial charge in [0.05, 0.1) is 5.69 Å². The van der Waals surface area contributed by atoms with Gasteiger partial charge in [0.15, 0.2) is 5.82 Å². The largest absolute Gasteiger partial charge is 0.480 e. The molecule has 0 saturated carbocycles. The molecule has 2 N–H and O–H groups in total. The number of carboxylic acids is 1. The highest BCUT2D eigenvalue weighted by Crippen LogP contribution is 2.28. The van der Waals surface area contributed by atoms with E-state index in [0.717, 1.165) is 11.0 Å². The fourth-order valence-electron chi connectivity index (χ4n) is 2.11. The molecule has 0 aliphatic carbocycles. The highest BCUT2D eigenvalue weighted by atomic mass is 79.9. The predicted molar refractivity (Wildman–Crippen MR) is 70.4 cm³/mol. The van der Waals surface area contributed by atoms with Gasteiger partial charge in [-0.15, -0.1) is 0 Å². The monoisotopic (exact) mass is 348 g/mol. The number of nitrogens with one attached hydrogen (secondary N) is 1. The summed E-state index contributed by atoms with van der Waals surface area (Å²) >= 11 is 2.95. The molecule has 0 spiro atoms. The lowest BCUT2D eigenvalue weighted by Gasteiger charge is -2.22. The first-order valence-electron chi connectivity index (χ1n) is 5.85. The lowest BCUT2D eigenvalue weighted by Crippen LogP contribution is -2.43. The van der Waals surface area contributed by atoms with Crippen LogP contribution < -0.4 is 5.32 Å². The van der Waals surface area contributed by atoms with E-state index in [0.29, 0.717) is 18.9 Å². The Hall–Kier alpha value is -1.70. The zero-order valence-electron chi connectivity index (χ0n) is 10.2. The first kappa shape index (κ1) is 14.7. The highest BCUT2D eigenvalue weighted by Gasteiger charge is 2.34. The summed E-state index contributed by atoms with van der Waals surface area (Å²) in [6, 6.07) is 0.00882. The van der Waals surface area contributed by atoms with Gasteiger partial charge in [-0.05, 0) is 34.8 Å². The number of aliphatic carboxylic acids is 1. The maximum absolute atomic E-state index is 13.6. The van der Waals surface area contributed by atoms with Crippen LogP contribution in [0.1, 0.15) is 12.8 Å². The van der Waals surface area contributed by atoms with Crippen LogP contribution in [0.25, 0.3) is 0 Å². The number of hydrogen-bond acceptors (Lipinski definition) is 2. The predicted octanol–water partition coefficient (Wildman–Crippen LogP) is 2.81. The molecule has 2 amide bonds. The van der Waals surface area contributed by atoms with Gasteiger partial charge in [-0.25, -0.2) is 18.4 Å². The van der Waals surface area contributed by atoms with Crippen LogP contribution in [0.15, 0.2) is 16.6 Å². The molecule has 0 radical (unpaired) electrons. The summed E-state index contributed by atoms with van der Waals surface area (Å²) in [4.78, 5) is 24.1. The third-order valence-corrected chi connectivity index (χ3v) is 3.66. The summed E-state index contributed by atoms with van der Waals surface area (Å²) in [5.41, 5.74) is -0.215. The third kappa shape index (κ3) is 2.90. The van der Waals surface area contributed by atoms with Crippen molar-refractivity contribution in [2.24, 2.45) is 0 Å². The Morgan fingerprint density at radius 3 is 2.70 bits per heavy atom. The Morgan fingerprint density at radius 1 is 1.40 bits per heavy atom. The van der Waals surface area contributed by atoms with Gasteiger partial charge < -0.3 is 15.3 Å². The lowest BCUT2D eigenvalue weighted by atomic mass is 10.2. The van der Waals surface area contributed by atoms with E-state index in [-0.39, 0.29) is 16.7 Å². The number of carbonyl (C=O) groups is 2. The van der Waals surface area contributed by atoms with Crippen LogP contribution >= 0.6 is 15.9 Å². The molecule has 0 bridgehead atoms. The number of hydrogen-bond donors (Lipinski definition) is 2. The summed E-state index contributed by atoms with van der Waals surface area (Å²) in [5, 5.41) is 11.3. The number of benzene rings is 1. The van der Waals surface area contributed by atoms with Crippen LogP contribution in [-0.4, -0.2) is 34.6 Å². The summed E-state index contributed by atoms with van der Waals surface area (Å²) in [6.07, 6.45) is 0.924. The lowest BCUT2D eigenvalue weighted by molar-refractivity contribution is -0.141. The van der Waals surface area contributed by atoms with Crippen molar-refractivity contribution >= 4 is 33.6 Å². The van der Waals surface area contributed by atoms with Crippen LogP contribution in [0.3, 0.4) is 0 Å². The Bertz CT molecular complexity index is 545. The molecule has 2 rings (SSSR count). The molecular formula is C12H11BrF2N2O3. The summed E-state index contributed by atoms with van der Waals surface area (Å²) in [6.45, 7) is 0.281. The number of urea groups is 1. The zero-order chi connectivity index (χ0) is 14.9. The van der Waals surface area contributed by atoms with Crippen molar-refractivity contribution in [3.8, 4) is 0 Å². The van der Waals surface area contributed by atoms with Gasteiger partial charge in [-0.3, -0.25) is 0 Å². The van der Waals surface area contributed by atoms with E-state index in [1.807, 2.05) is 0 Å². The second-order valence-corrected chi connectivity index (χ2v) is 5.22. The molecule has 1 fully saturated rings. The number of carboxylic acid groups (broad SMARTS) is 1. The van der Waals surface area contributed by atoms with E-state index in [2.05, 4.69) is 21.2 Å². The van der Waals surface area contributed by atoms with Crippen LogP contribution in [0, 0.1) is 11.6 Å². The number of halogens is 3. The van der Waals surface area contributed by atoms with Crippen LogP contribution in [0.4, 0.5) is 19.3 Å². The van der Waals surface area contributed by atoms with Crippen molar-refractivity contribution in [3.05, 3.63) is 28.2 Å². The fraction of sp³-hybridized carbons (Fsp3) is 0.333. The van der Waals surface area contributed by atoms with Crippen molar-refractivity contribution in [2.75, 3.05) is 11.9 Å². The Kier molecular flexibility index (Phi) is 4.22. The smallest absolute Gasteiger partial charge is 0.326 e. The van der Waals surface area contributed by atoms with Crippen molar-refractivity contribution in [1.82, 2.24) is 4.90 Å². The summed E-state index contributed by atoms with van der Waals surface area (Å²) in [7, 11) is 0. The molecule has 20 heavy (non-hydrogen) atoms. The second kappa shape index (κ2) is 5.74. The minimum Gasteiger partial charge on any atom is -0.480 e. The van der Waals surface area contributed by atoms with Crippen LogP contribution in [0.2, 0.25) is 0 Å². The molecule has 1 aliphatic heterocycles. The summed E-state index contributed by atoms with van der Waals surface area (Å²) in [5.74, 6) is -2.82. The van der Waals surface area contributed by atoms with Gasteiger partial charge in [-0.2, -0.15) is 0 Å². The molecule has 1 heterocycles. The van der Waals surface area contributed by atoms with Crippen molar-refractivity contribution in [2.45, 2.75) is 18.9 Å². The number of amides is 2. The van der Waals surface area contributed by atoms with Gasteiger partial charge in [0.2, 0.25) is 0 Å². The SMILES string of the molecule is O=C(O)C1CCCN1C(=O)Nc1c(F)cc(F)cc1Br. The average Bonchev–Trinajstić information content (AvgIpc) is 2.82. The normalized spacial score (nSPS) is 18.1. The Balaban J connectivity index is 2.18. The first-order valence-corrected chi connectivity index (χ1v) is 6.64. The van der Waals surface area contributed by atoms with E-state index < -0.39 is 29.7 Å². The number of nitrogens with zero attached hydrogens (tertiary/aromatic N) is 1. The molecular weight excluding hydrogens is 338 g/mol. The molecule has 1 unspecified atom stereocenters. The van der Waals surface area contributed by atoms with Crippen LogP contribution in [0.5, 0.6) is 0 Å². The summed E-state index contributed by atoms with van der Waals surface area (Å²) < 4.78 is 26.6. The fourth-order valence-corrected chi connectivity index (χ4v) is 2.61. The van der Waals surface area contributed by atoms with Crippen molar-refractivity contribution in [1.29, 1.82) is 0 Å². The standard InChI is InChI=1S/C12H11BrF2N2O3/c13-7-4-6(14)5-8(15)10(7)16-12(20)17-3-1-2-9(17)11(18)19/h4-5,9H,1-3H2,(H,16,20)(H,18,19). The molecule has 1 aromatic carbocycles. The van der Waals surface area contributed by atoms with Crippen molar-refractivity contribution in [3.63, 3.8) is 0 Å². The molecule has 108 valence electrons. The minimum atomic E-state index is -1.10. The number of rotatable bonds is 2. The topological polar surface area (TPSA) is 69.6 Å². The quantitative estimate of drug-likeness (QED) is 0.863. The molecule has 8 heteroatoms. The van der Waals surface area contributed by atoms with E-state index in [9.17, 15) is 18.4 Å². The third-order valence-electron chi connectivity index (χ3n) is 3.04. The van der Waals surface area contributed by atoms with Gasteiger partial charge in [-0.1, -0.05) is 0 Å². The minimum absolute atomic E-state index is 0.0504. The van der Waals surface area contributed by atoms with E-state index in [1.54, 1.807) is 0 Å².